The standard InChI is InChI=1S/C17H27NO3S/c1-5-7-12(6-2)15(19)18-14-10-13-8-9-17(14,16(13,3)4)11-22(18,20)21/h5,12-14H,1,6-11H2,2-4H3/t12-,13-,14-,17-/m0/s1. The lowest BCUT2D eigenvalue weighted by Gasteiger charge is -2.37. The molecular weight excluding hydrogens is 298 g/mol. The van der Waals surface area contributed by atoms with Gasteiger partial charge in [0.2, 0.25) is 15.9 Å². The van der Waals surface area contributed by atoms with Gasteiger partial charge in [0.05, 0.1) is 11.8 Å². The lowest BCUT2D eigenvalue weighted by Crippen LogP contribution is -2.46. The van der Waals surface area contributed by atoms with Crippen molar-refractivity contribution in [3.8, 4) is 0 Å². The number of carbonyl (C=O) groups excluding carboxylic acids is 1. The van der Waals surface area contributed by atoms with Crippen LogP contribution in [-0.2, 0) is 14.8 Å². The smallest absolute Gasteiger partial charge is 0.239 e. The Bertz CT molecular complexity index is 609. The molecule has 3 fully saturated rings. The average molecular weight is 325 g/mol. The summed E-state index contributed by atoms with van der Waals surface area (Å²) in [5.74, 6) is 0.241. The molecule has 1 saturated heterocycles. The fraction of sp³-hybridized carbons (Fsp3) is 0.824. The van der Waals surface area contributed by atoms with Gasteiger partial charge >= 0.3 is 0 Å². The summed E-state index contributed by atoms with van der Waals surface area (Å²) in [6.07, 6.45) is 5.82. The van der Waals surface area contributed by atoms with Crippen LogP contribution in [-0.4, -0.2) is 30.4 Å². The first kappa shape index (κ1) is 16.0. The van der Waals surface area contributed by atoms with Crippen LogP contribution in [0.1, 0.15) is 52.9 Å². The summed E-state index contributed by atoms with van der Waals surface area (Å²) >= 11 is 0. The second-order valence-electron chi connectivity index (χ2n) is 7.88. The molecule has 4 nitrogen and oxygen atoms in total. The first-order valence-electron chi connectivity index (χ1n) is 8.38. The Morgan fingerprint density at radius 1 is 1.45 bits per heavy atom. The van der Waals surface area contributed by atoms with Gasteiger partial charge in [0.15, 0.2) is 0 Å². The van der Waals surface area contributed by atoms with E-state index in [9.17, 15) is 13.2 Å². The minimum absolute atomic E-state index is 0.0138. The molecule has 0 radical (unpaired) electrons. The normalized spacial score (nSPS) is 38.8. The highest BCUT2D eigenvalue weighted by Crippen LogP contribution is 2.70. The first-order valence-corrected chi connectivity index (χ1v) is 9.99. The topological polar surface area (TPSA) is 54.5 Å². The predicted octanol–water partition coefficient (Wildman–Crippen LogP) is 2.96. The molecule has 124 valence electrons. The Kier molecular flexibility index (Phi) is 3.52. The molecule has 0 aromatic carbocycles. The molecule has 2 aliphatic carbocycles. The Morgan fingerprint density at radius 3 is 2.68 bits per heavy atom. The maximum absolute atomic E-state index is 12.9. The predicted molar refractivity (Wildman–Crippen MR) is 86.6 cm³/mol. The highest BCUT2D eigenvalue weighted by molar-refractivity contribution is 7.90. The van der Waals surface area contributed by atoms with Gasteiger partial charge in [-0.2, -0.15) is 0 Å². The summed E-state index contributed by atoms with van der Waals surface area (Å²) in [6, 6.07) is -0.113. The maximum Gasteiger partial charge on any atom is 0.239 e. The van der Waals surface area contributed by atoms with Crippen molar-refractivity contribution in [2.24, 2.45) is 22.7 Å². The maximum atomic E-state index is 12.9. The molecule has 3 aliphatic rings. The van der Waals surface area contributed by atoms with E-state index >= 15 is 0 Å². The summed E-state index contributed by atoms with van der Waals surface area (Å²) in [5, 5.41) is 0. The van der Waals surface area contributed by atoms with Crippen molar-refractivity contribution < 1.29 is 13.2 Å². The molecule has 1 amide bonds. The Morgan fingerprint density at radius 2 is 2.14 bits per heavy atom. The molecule has 2 bridgehead atoms. The van der Waals surface area contributed by atoms with Crippen LogP contribution in [0.25, 0.3) is 0 Å². The van der Waals surface area contributed by atoms with Crippen LogP contribution in [0.2, 0.25) is 0 Å². The number of rotatable bonds is 4. The van der Waals surface area contributed by atoms with E-state index in [1.165, 1.54) is 4.31 Å². The molecule has 1 spiro atoms. The molecule has 5 heteroatoms. The van der Waals surface area contributed by atoms with Gasteiger partial charge in [-0.3, -0.25) is 4.79 Å². The average Bonchev–Trinajstić information content (AvgIpc) is 2.90. The third-order valence-corrected chi connectivity index (χ3v) is 8.84. The number of allylic oxidation sites excluding steroid dienone is 1. The van der Waals surface area contributed by atoms with E-state index in [0.717, 1.165) is 19.3 Å². The molecule has 0 aromatic rings. The molecular formula is C17H27NO3S. The second kappa shape index (κ2) is 4.83. The molecule has 0 aromatic heterocycles. The van der Waals surface area contributed by atoms with Gasteiger partial charge in [-0.05, 0) is 43.4 Å². The first-order chi connectivity index (χ1) is 10.2. The summed E-state index contributed by atoms with van der Waals surface area (Å²) in [5.41, 5.74) is -0.210. The monoisotopic (exact) mass is 325 g/mol. The van der Waals surface area contributed by atoms with Crippen molar-refractivity contribution in [2.75, 3.05) is 5.75 Å². The van der Waals surface area contributed by atoms with Crippen LogP contribution in [0.5, 0.6) is 0 Å². The van der Waals surface area contributed by atoms with Crippen molar-refractivity contribution in [2.45, 2.75) is 58.9 Å². The number of nitrogens with zero attached hydrogens (tertiary/aromatic N) is 1. The van der Waals surface area contributed by atoms with Crippen LogP contribution in [0.3, 0.4) is 0 Å². The van der Waals surface area contributed by atoms with Crippen molar-refractivity contribution in [3.05, 3.63) is 12.7 Å². The Balaban J connectivity index is 2.00. The van der Waals surface area contributed by atoms with Gasteiger partial charge in [-0.15, -0.1) is 6.58 Å². The van der Waals surface area contributed by atoms with Gasteiger partial charge in [0, 0.05) is 11.3 Å². The van der Waals surface area contributed by atoms with E-state index < -0.39 is 10.0 Å². The van der Waals surface area contributed by atoms with Gasteiger partial charge in [0.25, 0.3) is 0 Å². The number of hydrogen-bond acceptors (Lipinski definition) is 3. The molecule has 0 N–H and O–H groups in total. The SMILES string of the molecule is C=CC[C@H](CC)C(=O)N1[C@H]2C[C@@H]3CC[C@@]2(CS1(=O)=O)C3(C)C. The molecule has 22 heavy (non-hydrogen) atoms. The Labute approximate surface area is 134 Å². The van der Waals surface area contributed by atoms with Crippen molar-refractivity contribution in [1.82, 2.24) is 4.31 Å². The quantitative estimate of drug-likeness (QED) is 0.747. The van der Waals surface area contributed by atoms with E-state index in [0.29, 0.717) is 18.8 Å². The van der Waals surface area contributed by atoms with E-state index in [1.807, 2.05) is 6.92 Å². The molecule has 1 heterocycles. The minimum Gasteiger partial charge on any atom is -0.273 e. The van der Waals surface area contributed by atoms with Crippen LogP contribution >= 0.6 is 0 Å². The molecule has 2 saturated carbocycles. The highest BCUT2D eigenvalue weighted by Gasteiger charge is 2.72. The van der Waals surface area contributed by atoms with Crippen LogP contribution in [0.4, 0.5) is 0 Å². The van der Waals surface area contributed by atoms with E-state index in [1.54, 1.807) is 6.08 Å². The molecule has 1 aliphatic heterocycles. The number of amides is 1. The Hall–Kier alpha value is -0.840. The van der Waals surface area contributed by atoms with Crippen LogP contribution in [0, 0.1) is 22.7 Å². The number of carbonyl (C=O) groups is 1. The third-order valence-electron chi connectivity index (χ3n) is 6.92. The fourth-order valence-corrected chi connectivity index (χ4v) is 8.00. The summed E-state index contributed by atoms with van der Waals surface area (Å²) in [6.45, 7) is 10.0. The molecule has 0 unspecified atom stereocenters. The number of hydrogen-bond donors (Lipinski definition) is 0. The fourth-order valence-electron chi connectivity index (χ4n) is 5.40. The molecule has 3 rings (SSSR count). The summed E-state index contributed by atoms with van der Waals surface area (Å²) in [7, 11) is -3.48. The van der Waals surface area contributed by atoms with E-state index in [2.05, 4.69) is 20.4 Å². The summed E-state index contributed by atoms with van der Waals surface area (Å²) in [4.78, 5) is 12.9. The minimum atomic E-state index is -3.48. The second-order valence-corrected chi connectivity index (χ2v) is 9.73. The van der Waals surface area contributed by atoms with E-state index in [-0.39, 0.29) is 34.4 Å². The van der Waals surface area contributed by atoms with Crippen molar-refractivity contribution in [3.63, 3.8) is 0 Å². The van der Waals surface area contributed by atoms with E-state index in [4.69, 9.17) is 0 Å². The van der Waals surface area contributed by atoms with Gasteiger partial charge in [0.1, 0.15) is 0 Å². The van der Waals surface area contributed by atoms with Gasteiger partial charge in [-0.1, -0.05) is 26.8 Å². The van der Waals surface area contributed by atoms with Crippen molar-refractivity contribution in [1.29, 1.82) is 0 Å². The van der Waals surface area contributed by atoms with Crippen LogP contribution in [0.15, 0.2) is 12.7 Å². The lowest BCUT2D eigenvalue weighted by molar-refractivity contribution is -0.133. The lowest BCUT2D eigenvalue weighted by atomic mass is 9.69. The zero-order valence-corrected chi connectivity index (χ0v) is 14.7. The largest absolute Gasteiger partial charge is 0.273 e. The third kappa shape index (κ3) is 1.81. The number of fused-ring (bicyclic) bond motifs is 1. The molecule has 4 atom stereocenters. The van der Waals surface area contributed by atoms with Gasteiger partial charge in [-0.25, -0.2) is 12.7 Å². The zero-order chi connectivity index (χ0) is 16.3. The van der Waals surface area contributed by atoms with Crippen molar-refractivity contribution >= 4 is 15.9 Å². The van der Waals surface area contributed by atoms with Crippen LogP contribution < -0.4 is 0 Å². The number of sulfonamides is 1. The van der Waals surface area contributed by atoms with Gasteiger partial charge < -0.3 is 0 Å². The highest BCUT2D eigenvalue weighted by atomic mass is 32.2. The zero-order valence-electron chi connectivity index (χ0n) is 13.8. The summed E-state index contributed by atoms with van der Waals surface area (Å²) < 4.78 is 26.9.